The minimum Gasteiger partial charge on any atom is -0.494 e. The number of carbonyl (C=O) groups excluding carboxylic acids is 1. The van der Waals surface area contributed by atoms with Crippen LogP contribution in [0.5, 0.6) is 11.5 Å². The van der Waals surface area contributed by atoms with E-state index in [1.165, 1.54) is 17.0 Å². The largest absolute Gasteiger partial charge is 0.494 e. The number of hydrogen-bond acceptors (Lipinski definition) is 5. The highest BCUT2D eigenvalue weighted by Gasteiger charge is 2.43. The van der Waals surface area contributed by atoms with Gasteiger partial charge >= 0.3 is 0 Å². The van der Waals surface area contributed by atoms with Crippen LogP contribution in [0.2, 0.25) is 0 Å². The van der Waals surface area contributed by atoms with Gasteiger partial charge in [-0.15, -0.1) is 0 Å². The maximum absolute atomic E-state index is 14.0. The van der Waals surface area contributed by atoms with E-state index in [0.717, 1.165) is 18.9 Å². The normalized spacial score (nSPS) is 14.8. The van der Waals surface area contributed by atoms with E-state index in [2.05, 4.69) is 6.92 Å². The highest BCUT2D eigenvalue weighted by Crippen LogP contribution is 2.42. The Morgan fingerprint density at radius 3 is 2.31 bits per heavy atom. The second-order valence-electron chi connectivity index (χ2n) is 8.59. The fraction of sp³-hybridized carbons (Fsp3) is 0.241. The van der Waals surface area contributed by atoms with Gasteiger partial charge in [0.15, 0.2) is 5.43 Å². The third kappa shape index (κ3) is 4.21. The van der Waals surface area contributed by atoms with Crippen molar-refractivity contribution in [3.8, 4) is 11.5 Å². The Labute approximate surface area is 207 Å². The topological polar surface area (TPSA) is 69.0 Å². The van der Waals surface area contributed by atoms with E-state index in [4.69, 9.17) is 13.9 Å². The molecule has 1 aliphatic rings. The molecule has 0 N–H and O–H groups in total. The van der Waals surface area contributed by atoms with Crippen LogP contribution in [0.3, 0.4) is 0 Å². The molecule has 0 spiro atoms. The van der Waals surface area contributed by atoms with Gasteiger partial charge in [0.25, 0.3) is 5.91 Å². The van der Waals surface area contributed by atoms with Gasteiger partial charge in [0.2, 0.25) is 5.76 Å². The van der Waals surface area contributed by atoms with Crippen LogP contribution >= 0.6 is 0 Å². The first-order valence-corrected chi connectivity index (χ1v) is 12.1. The van der Waals surface area contributed by atoms with Crippen molar-refractivity contribution in [3.05, 3.63) is 99.7 Å². The Morgan fingerprint density at radius 1 is 0.917 bits per heavy atom. The van der Waals surface area contributed by atoms with E-state index >= 15 is 0 Å². The first-order chi connectivity index (χ1) is 17.5. The lowest BCUT2D eigenvalue weighted by Crippen LogP contribution is -2.29. The average Bonchev–Trinajstić information content (AvgIpc) is 3.18. The highest BCUT2D eigenvalue weighted by atomic mass is 19.1. The van der Waals surface area contributed by atoms with Crippen molar-refractivity contribution in [2.24, 2.45) is 0 Å². The number of anilines is 1. The number of unbranched alkanes of at least 4 members (excludes halogenated alkanes) is 1. The summed E-state index contributed by atoms with van der Waals surface area (Å²) in [5, 5.41) is 0.0969. The quantitative estimate of drug-likeness (QED) is 0.275. The van der Waals surface area contributed by atoms with Crippen LogP contribution in [-0.4, -0.2) is 19.1 Å². The number of rotatable bonds is 8. The molecule has 36 heavy (non-hydrogen) atoms. The van der Waals surface area contributed by atoms with Crippen molar-refractivity contribution in [3.63, 3.8) is 0 Å². The van der Waals surface area contributed by atoms with E-state index in [9.17, 15) is 14.0 Å². The molecular weight excluding hydrogens is 461 g/mol. The zero-order valence-corrected chi connectivity index (χ0v) is 20.1. The first kappa shape index (κ1) is 23.6. The number of nitrogens with zero attached hydrogens (tertiary/aromatic N) is 1. The Balaban J connectivity index is 1.64. The predicted octanol–water partition coefficient (Wildman–Crippen LogP) is 6.26. The minimum atomic E-state index is -0.751. The molecule has 0 saturated heterocycles. The van der Waals surface area contributed by atoms with Crippen molar-refractivity contribution in [2.75, 3.05) is 18.1 Å². The number of hydrogen-bond donors (Lipinski definition) is 0. The highest BCUT2D eigenvalue weighted by molar-refractivity contribution is 6.10. The van der Waals surface area contributed by atoms with E-state index in [1.807, 2.05) is 31.2 Å². The molecule has 6 nitrogen and oxygen atoms in total. The van der Waals surface area contributed by atoms with Gasteiger partial charge in [-0.3, -0.25) is 14.5 Å². The van der Waals surface area contributed by atoms with Crippen LogP contribution in [0.1, 0.15) is 54.4 Å². The molecule has 7 heteroatoms. The number of halogens is 1. The number of benzene rings is 3. The average molecular weight is 488 g/mol. The van der Waals surface area contributed by atoms with Crippen LogP contribution < -0.4 is 19.8 Å². The second kappa shape index (κ2) is 9.85. The zero-order chi connectivity index (χ0) is 25.2. The van der Waals surface area contributed by atoms with Crippen molar-refractivity contribution < 1.29 is 23.1 Å². The molecule has 1 unspecified atom stereocenters. The molecule has 2 heterocycles. The fourth-order valence-corrected chi connectivity index (χ4v) is 4.48. The standard InChI is InChI=1S/C29H26FNO5/c1-3-5-16-35-22-11-6-18(7-12-22)26-25-27(32)23-17-19(30)8-15-24(23)36-28(25)29(33)31(26)20-9-13-21(14-10-20)34-4-2/h6-15,17,26H,3-5,16H2,1-2H3. The maximum atomic E-state index is 14.0. The van der Waals surface area contributed by atoms with Crippen molar-refractivity contribution in [1.29, 1.82) is 0 Å². The van der Waals surface area contributed by atoms with Crippen molar-refractivity contribution >= 4 is 22.6 Å². The molecule has 4 aromatic rings. The van der Waals surface area contributed by atoms with Crippen LogP contribution in [0.25, 0.3) is 11.0 Å². The lowest BCUT2D eigenvalue weighted by Gasteiger charge is -2.25. The summed E-state index contributed by atoms with van der Waals surface area (Å²) in [5.74, 6) is 0.350. The lowest BCUT2D eigenvalue weighted by molar-refractivity contribution is 0.0971. The molecule has 0 fully saturated rings. The summed E-state index contributed by atoms with van der Waals surface area (Å²) in [7, 11) is 0. The summed E-state index contributed by atoms with van der Waals surface area (Å²) in [5.41, 5.74) is 1.22. The van der Waals surface area contributed by atoms with E-state index in [0.29, 0.717) is 36.0 Å². The summed E-state index contributed by atoms with van der Waals surface area (Å²) in [4.78, 5) is 28.8. The van der Waals surface area contributed by atoms with E-state index in [1.54, 1.807) is 24.3 Å². The van der Waals surface area contributed by atoms with Gasteiger partial charge in [0, 0.05) is 5.69 Å². The molecule has 1 aliphatic heterocycles. The molecule has 1 aromatic heterocycles. The Kier molecular flexibility index (Phi) is 6.46. The maximum Gasteiger partial charge on any atom is 0.295 e. The van der Waals surface area contributed by atoms with Crippen LogP contribution in [0.4, 0.5) is 10.1 Å². The molecule has 0 aliphatic carbocycles. The molecule has 0 radical (unpaired) electrons. The van der Waals surface area contributed by atoms with E-state index < -0.39 is 23.2 Å². The molecule has 0 saturated carbocycles. The summed E-state index contributed by atoms with van der Waals surface area (Å²) < 4.78 is 31.2. The third-order valence-electron chi connectivity index (χ3n) is 6.22. The van der Waals surface area contributed by atoms with Crippen molar-refractivity contribution in [1.82, 2.24) is 0 Å². The number of carbonyl (C=O) groups is 1. The summed E-state index contributed by atoms with van der Waals surface area (Å²) >= 11 is 0. The molecule has 184 valence electrons. The Morgan fingerprint density at radius 2 is 1.61 bits per heavy atom. The molecule has 1 amide bonds. The summed E-state index contributed by atoms with van der Waals surface area (Å²) in [6.45, 7) is 5.12. The third-order valence-corrected chi connectivity index (χ3v) is 6.22. The SMILES string of the molecule is CCCCOc1ccc(C2c3c(oc4ccc(F)cc4c3=O)C(=O)N2c2ccc(OCC)cc2)cc1. The van der Waals surface area contributed by atoms with Crippen LogP contribution in [0.15, 0.2) is 75.9 Å². The second-order valence-corrected chi connectivity index (χ2v) is 8.59. The summed E-state index contributed by atoms with van der Waals surface area (Å²) in [6.07, 6.45) is 1.98. The van der Waals surface area contributed by atoms with Crippen LogP contribution in [-0.2, 0) is 0 Å². The minimum absolute atomic E-state index is 0.0405. The fourth-order valence-electron chi connectivity index (χ4n) is 4.48. The number of fused-ring (bicyclic) bond motifs is 2. The van der Waals surface area contributed by atoms with E-state index in [-0.39, 0.29) is 22.3 Å². The van der Waals surface area contributed by atoms with Gasteiger partial charge in [-0.25, -0.2) is 4.39 Å². The molecule has 0 bridgehead atoms. The molecular formula is C29H26FNO5. The molecule has 5 rings (SSSR count). The lowest BCUT2D eigenvalue weighted by atomic mass is 9.98. The molecule has 3 aromatic carbocycles. The monoisotopic (exact) mass is 487 g/mol. The Hall–Kier alpha value is -4.13. The van der Waals surface area contributed by atoms with Crippen molar-refractivity contribution in [2.45, 2.75) is 32.7 Å². The predicted molar refractivity (Wildman–Crippen MR) is 136 cm³/mol. The van der Waals surface area contributed by atoms with Gasteiger partial charge in [-0.1, -0.05) is 25.5 Å². The summed E-state index contributed by atoms with van der Waals surface area (Å²) in [6, 6.07) is 17.4. The number of amides is 1. The van der Waals surface area contributed by atoms with Crippen LogP contribution in [0, 0.1) is 5.82 Å². The van der Waals surface area contributed by atoms with Gasteiger partial charge in [0.1, 0.15) is 22.9 Å². The smallest absolute Gasteiger partial charge is 0.295 e. The zero-order valence-electron chi connectivity index (χ0n) is 20.1. The molecule has 1 atom stereocenters. The van der Waals surface area contributed by atoms with Gasteiger partial charge in [0.05, 0.1) is 30.2 Å². The van der Waals surface area contributed by atoms with Gasteiger partial charge in [-0.05, 0) is 73.5 Å². The first-order valence-electron chi connectivity index (χ1n) is 12.1. The number of ether oxygens (including phenoxy) is 2. The Bertz CT molecular complexity index is 1460. The van der Waals surface area contributed by atoms with Gasteiger partial charge in [-0.2, -0.15) is 0 Å². The van der Waals surface area contributed by atoms with Gasteiger partial charge < -0.3 is 13.9 Å².